The molecule has 6 heteroatoms. The number of aliphatic hydroxyl groups is 4. The summed E-state index contributed by atoms with van der Waals surface area (Å²) in [5, 5.41) is 36.3. The van der Waals surface area contributed by atoms with Gasteiger partial charge in [-0.3, -0.25) is 0 Å². The summed E-state index contributed by atoms with van der Waals surface area (Å²) in [5.74, 6) is 0. The van der Waals surface area contributed by atoms with Gasteiger partial charge in [0, 0.05) is 6.61 Å². The third-order valence-electron chi connectivity index (χ3n) is 1.92. The molecule has 0 spiro atoms. The van der Waals surface area contributed by atoms with Crippen LogP contribution in [-0.4, -0.2) is 64.3 Å². The second kappa shape index (κ2) is 7.72. The van der Waals surface area contributed by atoms with Gasteiger partial charge in [0.2, 0.25) is 0 Å². The predicted molar refractivity (Wildman–Crippen MR) is 51.2 cm³/mol. The molecule has 0 aromatic heterocycles. The van der Waals surface area contributed by atoms with Gasteiger partial charge in [-0.1, -0.05) is 6.92 Å². The molecule has 0 aromatic rings. The van der Waals surface area contributed by atoms with Crippen LogP contribution in [0.4, 0.5) is 0 Å². The van der Waals surface area contributed by atoms with Crippen LogP contribution in [0.3, 0.4) is 0 Å². The Hall–Kier alpha value is -0.530. The Labute approximate surface area is 88.1 Å². The van der Waals surface area contributed by atoms with Crippen molar-refractivity contribution >= 4 is 6.29 Å². The molecule has 4 N–H and O–H groups in total. The van der Waals surface area contributed by atoms with Crippen LogP contribution in [0.2, 0.25) is 0 Å². The minimum Gasteiger partial charge on any atom is -0.394 e. The molecule has 0 saturated heterocycles. The van der Waals surface area contributed by atoms with E-state index in [1.54, 1.807) is 0 Å². The number of hydrogen-bond donors (Lipinski definition) is 4. The summed E-state index contributed by atoms with van der Waals surface area (Å²) in [6.07, 6.45) is -4.82. The van der Waals surface area contributed by atoms with Gasteiger partial charge in [-0.2, -0.15) is 0 Å². The molecule has 0 aromatic carbocycles. The number of ether oxygens (including phenoxy) is 1. The number of aliphatic hydroxyl groups excluding tert-OH is 4. The van der Waals surface area contributed by atoms with E-state index in [2.05, 4.69) is 0 Å². The molecule has 6 nitrogen and oxygen atoms in total. The maximum Gasteiger partial charge on any atom is 0.151 e. The standard InChI is InChI=1S/C9H18O6/c1-2-3-15-7(5-11)9(14)8(13)6(12)4-10/h5-10,12-14H,2-4H2,1H3/t6-,7+,8-,9-/m1/s1. The van der Waals surface area contributed by atoms with Gasteiger partial charge in [-0.05, 0) is 6.42 Å². The van der Waals surface area contributed by atoms with E-state index in [0.717, 1.165) is 0 Å². The van der Waals surface area contributed by atoms with Gasteiger partial charge in [0.05, 0.1) is 6.61 Å². The first-order valence-corrected chi connectivity index (χ1v) is 4.80. The lowest BCUT2D eigenvalue weighted by molar-refractivity contribution is -0.145. The van der Waals surface area contributed by atoms with E-state index in [-0.39, 0.29) is 6.61 Å². The molecule has 0 bridgehead atoms. The van der Waals surface area contributed by atoms with Crippen LogP contribution >= 0.6 is 0 Å². The maximum atomic E-state index is 10.5. The number of aldehydes is 1. The third-order valence-corrected chi connectivity index (χ3v) is 1.92. The minimum atomic E-state index is -1.61. The van der Waals surface area contributed by atoms with Crippen molar-refractivity contribution in [2.24, 2.45) is 0 Å². The summed E-state index contributed by atoms with van der Waals surface area (Å²) < 4.78 is 4.95. The zero-order valence-electron chi connectivity index (χ0n) is 8.61. The Bertz CT molecular complexity index is 174. The molecule has 0 aliphatic heterocycles. The molecule has 0 aliphatic carbocycles. The molecule has 0 saturated carbocycles. The number of hydrogen-bond acceptors (Lipinski definition) is 6. The van der Waals surface area contributed by atoms with Crippen molar-refractivity contribution in [2.45, 2.75) is 37.8 Å². The van der Waals surface area contributed by atoms with Crippen LogP contribution in [0, 0.1) is 0 Å². The summed E-state index contributed by atoms with van der Waals surface area (Å²) in [6, 6.07) is 0. The van der Waals surface area contributed by atoms with Gasteiger partial charge in [0.15, 0.2) is 6.29 Å². The molecule has 0 fully saturated rings. The topological polar surface area (TPSA) is 107 Å². The van der Waals surface area contributed by atoms with Gasteiger partial charge in [-0.25, -0.2) is 0 Å². The molecular formula is C9H18O6. The highest BCUT2D eigenvalue weighted by atomic mass is 16.5. The van der Waals surface area contributed by atoms with Crippen LogP contribution in [0.5, 0.6) is 0 Å². The average Bonchev–Trinajstić information content (AvgIpc) is 2.27. The van der Waals surface area contributed by atoms with Crippen molar-refractivity contribution in [1.29, 1.82) is 0 Å². The molecule has 0 unspecified atom stereocenters. The van der Waals surface area contributed by atoms with E-state index in [4.69, 9.17) is 14.9 Å². The molecule has 0 amide bonds. The van der Waals surface area contributed by atoms with Crippen molar-refractivity contribution < 1.29 is 30.0 Å². The van der Waals surface area contributed by atoms with E-state index < -0.39 is 31.0 Å². The minimum absolute atomic E-state index is 0.266. The second-order valence-electron chi connectivity index (χ2n) is 3.20. The Morgan fingerprint density at radius 1 is 1.27 bits per heavy atom. The van der Waals surface area contributed by atoms with Gasteiger partial charge in [0.25, 0.3) is 0 Å². The maximum absolute atomic E-state index is 10.5. The zero-order valence-corrected chi connectivity index (χ0v) is 8.61. The fraction of sp³-hybridized carbons (Fsp3) is 0.889. The van der Waals surface area contributed by atoms with E-state index in [1.807, 2.05) is 6.92 Å². The summed E-state index contributed by atoms with van der Waals surface area (Å²) >= 11 is 0. The second-order valence-corrected chi connectivity index (χ2v) is 3.20. The van der Waals surface area contributed by atoms with Crippen molar-refractivity contribution in [3.05, 3.63) is 0 Å². The van der Waals surface area contributed by atoms with Crippen LogP contribution in [0.15, 0.2) is 0 Å². The van der Waals surface area contributed by atoms with E-state index in [0.29, 0.717) is 12.7 Å². The number of carbonyl (C=O) groups excluding carboxylic acids is 1. The molecule has 90 valence electrons. The van der Waals surface area contributed by atoms with Gasteiger partial charge >= 0.3 is 0 Å². The third kappa shape index (κ3) is 4.67. The highest BCUT2D eigenvalue weighted by Crippen LogP contribution is 2.07. The Morgan fingerprint density at radius 2 is 1.87 bits per heavy atom. The Kier molecular flexibility index (Phi) is 7.45. The van der Waals surface area contributed by atoms with E-state index in [1.165, 1.54) is 0 Å². The number of rotatable bonds is 8. The quantitative estimate of drug-likeness (QED) is 0.356. The van der Waals surface area contributed by atoms with Gasteiger partial charge < -0.3 is 30.0 Å². The van der Waals surface area contributed by atoms with Crippen molar-refractivity contribution in [1.82, 2.24) is 0 Å². The lowest BCUT2D eigenvalue weighted by Crippen LogP contribution is -2.47. The normalized spacial score (nSPS) is 19.3. The largest absolute Gasteiger partial charge is 0.394 e. The summed E-state index contributed by atoms with van der Waals surface area (Å²) in [4.78, 5) is 10.5. The van der Waals surface area contributed by atoms with Crippen LogP contribution in [0.25, 0.3) is 0 Å². The van der Waals surface area contributed by atoms with Crippen LogP contribution in [0.1, 0.15) is 13.3 Å². The van der Waals surface area contributed by atoms with Gasteiger partial charge in [0.1, 0.15) is 24.4 Å². The SMILES string of the molecule is CCCO[C@@H](C=O)[C@@H](O)[C@H](O)[C@H](O)CO. The predicted octanol–water partition coefficient (Wildman–Crippen LogP) is -1.94. The van der Waals surface area contributed by atoms with E-state index >= 15 is 0 Å². The molecule has 15 heavy (non-hydrogen) atoms. The first-order chi connectivity index (χ1) is 7.08. The molecule has 0 aliphatic rings. The van der Waals surface area contributed by atoms with Crippen LogP contribution < -0.4 is 0 Å². The molecule has 4 atom stereocenters. The first kappa shape index (κ1) is 14.5. The smallest absolute Gasteiger partial charge is 0.151 e. The molecule has 0 radical (unpaired) electrons. The summed E-state index contributed by atoms with van der Waals surface area (Å²) in [7, 11) is 0. The summed E-state index contributed by atoms with van der Waals surface area (Å²) in [6.45, 7) is 1.40. The molecule has 0 heterocycles. The first-order valence-electron chi connectivity index (χ1n) is 4.80. The molecule has 0 rings (SSSR count). The summed E-state index contributed by atoms with van der Waals surface area (Å²) in [5.41, 5.74) is 0. The monoisotopic (exact) mass is 222 g/mol. The lowest BCUT2D eigenvalue weighted by Gasteiger charge is -2.25. The van der Waals surface area contributed by atoms with Gasteiger partial charge in [-0.15, -0.1) is 0 Å². The Balaban J connectivity index is 4.23. The average molecular weight is 222 g/mol. The highest BCUT2D eigenvalue weighted by Gasteiger charge is 2.31. The van der Waals surface area contributed by atoms with Crippen molar-refractivity contribution in [3.63, 3.8) is 0 Å². The van der Waals surface area contributed by atoms with Crippen LogP contribution in [-0.2, 0) is 9.53 Å². The number of carbonyl (C=O) groups is 1. The fourth-order valence-corrected chi connectivity index (χ4v) is 1.00. The fourth-order valence-electron chi connectivity index (χ4n) is 1.00. The lowest BCUT2D eigenvalue weighted by atomic mass is 10.0. The van der Waals surface area contributed by atoms with Crippen molar-refractivity contribution in [2.75, 3.05) is 13.2 Å². The van der Waals surface area contributed by atoms with Crippen molar-refractivity contribution in [3.8, 4) is 0 Å². The Morgan fingerprint density at radius 3 is 2.27 bits per heavy atom. The van der Waals surface area contributed by atoms with E-state index in [9.17, 15) is 15.0 Å². The molecular weight excluding hydrogens is 204 g/mol. The highest BCUT2D eigenvalue weighted by molar-refractivity contribution is 5.57. The zero-order chi connectivity index (χ0) is 11.8.